The fraction of sp³-hybridized carbons (Fsp3) is 0.727. The van der Waals surface area contributed by atoms with Crippen molar-refractivity contribution in [2.75, 3.05) is 6.54 Å². The van der Waals surface area contributed by atoms with Gasteiger partial charge in [0.15, 0.2) is 0 Å². The van der Waals surface area contributed by atoms with Crippen molar-refractivity contribution in [1.82, 2.24) is 10.3 Å². The van der Waals surface area contributed by atoms with E-state index in [-0.39, 0.29) is 0 Å². The molecule has 6 heteroatoms. The van der Waals surface area contributed by atoms with Crippen molar-refractivity contribution in [3.05, 3.63) is 16.1 Å². The number of aromatic nitrogens is 1. The van der Waals surface area contributed by atoms with Crippen molar-refractivity contribution >= 4 is 11.3 Å². The summed E-state index contributed by atoms with van der Waals surface area (Å²) < 4.78 is 37.1. The molecule has 0 radical (unpaired) electrons. The normalized spacial score (nSPS) is 13.9. The third-order valence-electron chi connectivity index (χ3n) is 2.28. The summed E-state index contributed by atoms with van der Waals surface area (Å²) in [6.45, 7) is 4.39. The Kier molecular flexibility index (Phi) is 5.39. The highest BCUT2D eigenvalue weighted by atomic mass is 32.1. The summed E-state index contributed by atoms with van der Waals surface area (Å²) in [5.74, 6) is 0. The maximum absolute atomic E-state index is 12.4. The fourth-order valence-electron chi connectivity index (χ4n) is 1.60. The van der Waals surface area contributed by atoms with Gasteiger partial charge < -0.3 is 5.32 Å². The van der Waals surface area contributed by atoms with E-state index in [1.165, 1.54) is 11.3 Å². The summed E-state index contributed by atoms with van der Waals surface area (Å²) in [4.78, 5) is 4.20. The second kappa shape index (κ2) is 6.35. The van der Waals surface area contributed by atoms with E-state index in [1.807, 2.05) is 19.2 Å². The van der Waals surface area contributed by atoms with E-state index < -0.39 is 18.6 Å². The zero-order valence-corrected chi connectivity index (χ0v) is 10.8. The highest BCUT2D eigenvalue weighted by Crippen LogP contribution is 2.23. The molecule has 98 valence electrons. The van der Waals surface area contributed by atoms with Crippen molar-refractivity contribution in [3.8, 4) is 0 Å². The lowest BCUT2D eigenvalue weighted by atomic mass is 10.1. The Hall–Kier alpha value is -0.620. The van der Waals surface area contributed by atoms with E-state index in [1.54, 1.807) is 0 Å². The molecule has 1 atom stereocenters. The van der Waals surface area contributed by atoms with Crippen LogP contribution in [0.2, 0.25) is 0 Å². The third kappa shape index (κ3) is 6.02. The average Bonchev–Trinajstić information content (AvgIpc) is 2.58. The van der Waals surface area contributed by atoms with E-state index in [9.17, 15) is 13.2 Å². The second-order valence-corrected chi connectivity index (χ2v) is 5.09. The highest BCUT2D eigenvalue weighted by Gasteiger charge is 2.31. The van der Waals surface area contributed by atoms with Gasteiger partial charge >= 0.3 is 6.18 Å². The first kappa shape index (κ1) is 14.4. The van der Waals surface area contributed by atoms with Gasteiger partial charge in [0.1, 0.15) is 0 Å². The van der Waals surface area contributed by atoms with Crippen molar-refractivity contribution in [1.29, 1.82) is 0 Å². The molecule has 0 aliphatic rings. The van der Waals surface area contributed by atoms with E-state index in [0.29, 0.717) is 13.0 Å². The number of alkyl halides is 3. The molecule has 0 amide bonds. The Bertz CT molecular complexity index is 336. The molecule has 2 nitrogen and oxygen atoms in total. The molecule has 1 rings (SSSR count). The van der Waals surface area contributed by atoms with Crippen LogP contribution in [0.1, 0.15) is 30.5 Å². The lowest BCUT2D eigenvalue weighted by molar-refractivity contribution is -0.139. The quantitative estimate of drug-likeness (QED) is 0.854. The van der Waals surface area contributed by atoms with Gasteiger partial charge in [-0.05, 0) is 19.9 Å². The van der Waals surface area contributed by atoms with Crippen LogP contribution in [0.3, 0.4) is 0 Å². The molecule has 1 N–H and O–H groups in total. The van der Waals surface area contributed by atoms with Crippen molar-refractivity contribution in [2.45, 2.75) is 45.3 Å². The van der Waals surface area contributed by atoms with Crippen LogP contribution >= 0.6 is 11.3 Å². The smallest absolute Gasteiger partial charge is 0.313 e. The van der Waals surface area contributed by atoms with Gasteiger partial charge in [-0.3, -0.25) is 0 Å². The van der Waals surface area contributed by atoms with Gasteiger partial charge in [-0.15, -0.1) is 11.3 Å². The largest absolute Gasteiger partial charge is 0.390 e. The average molecular weight is 266 g/mol. The van der Waals surface area contributed by atoms with Crippen LogP contribution in [0.15, 0.2) is 5.38 Å². The van der Waals surface area contributed by atoms with Gasteiger partial charge in [-0.2, -0.15) is 13.2 Å². The Labute approximate surface area is 103 Å². The Morgan fingerprint density at radius 1 is 1.47 bits per heavy atom. The highest BCUT2D eigenvalue weighted by molar-refractivity contribution is 7.09. The zero-order chi connectivity index (χ0) is 12.9. The molecule has 0 aliphatic carbocycles. The molecule has 0 saturated heterocycles. The van der Waals surface area contributed by atoms with Crippen LogP contribution in [-0.2, 0) is 6.42 Å². The Balaban J connectivity index is 2.56. The van der Waals surface area contributed by atoms with Crippen molar-refractivity contribution in [2.24, 2.45) is 0 Å². The molecule has 1 unspecified atom stereocenters. The van der Waals surface area contributed by atoms with E-state index >= 15 is 0 Å². The monoisotopic (exact) mass is 266 g/mol. The summed E-state index contributed by atoms with van der Waals surface area (Å²) in [6, 6.07) is -0.573. The SMILES string of the molecule is CCCNC(Cc1csc(C)n1)CC(F)(F)F. The standard InChI is InChI=1S/C11H17F3N2S/c1-3-4-15-9(6-11(12,13)14)5-10-7-17-8(2)16-10/h7,9,15H,3-6H2,1-2H3. The summed E-state index contributed by atoms with van der Waals surface area (Å²) in [6.07, 6.45) is -3.77. The van der Waals surface area contributed by atoms with Crippen molar-refractivity contribution < 1.29 is 13.2 Å². The number of nitrogens with zero attached hydrogens (tertiary/aromatic N) is 1. The topological polar surface area (TPSA) is 24.9 Å². The van der Waals surface area contributed by atoms with E-state index in [2.05, 4.69) is 10.3 Å². The number of thiazole rings is 1. The lowest BCUT2D eigenvalue weighted by Gasteiger charge is -2.19. The molecule has 1 aromatic rings. The molecule has 0 fully saturated rings. The molecule has 0 aromatic carbocycles. The molecular formula is C11H17F3N2S. The number of rotatable bonds is 6. The molecule has 0 aliphatic heterocycles. The molecular weight excluding hydrogens is 249 g/mol. The Morgan fingerprint density at radius 3 is 2.65 bits per heavy atom. The van der Waals surface area contributed by atoms with Crippen LogP contribution in [-0.4, -0.2) is 23.7 Å². The first-order valence-electron chi connectivity index (χ1n) is 5.62. The molecule has 0 bridgehead atoms. The van der Waals surface area contributed by atoms with Crippen molar-refractivity contribution in [3.63, 3.8) is 0 Å². The predicted molar refractivity (Wildman–Crippen MR) is 63.3 cm³/mol. The number of hydrogen-bond donors (Lipinski definition) is 1. The minimum absolute atomic E-state index is 0.337. The van der Waals surface area contributed by atoms with Crippen LogP contribution in [0, 0.1) is 6.92 Å². The first-order valence-corrected chi connectivity index (χ1v) is 6.50. The van der Waals surface area contributed by atoms with Gasteiger partial charge in [0, 0.05) is 17.8 Å². The van der Waals surface area contributed by atoms with Crippen LogP contribution in [0.4, 0.5) is 13.2 Å². The summed E-state index contributed by atoms with van der Waals surface area (Å²) in [5.41, 5.74) is 0.741. The molecule has 0 spiro atoms. The third-order valence-corrected chi connectivity index (χ3v) is 3.11. The number of hydrogen-bond acceptors (Lipinski definition) is 3. The molecule has 17 heavy (non-hydrogen) atoms. The lowest BCUT2D eigenvalue weighted by Crippen LogP contribution is -2.36. The van der Waals surface area contributed by atoms with Crippen LogP contribution in [0.25, 0.3) is 0 Å². The maximum atomic E-state index is 12.4. The van der Waals surface area contributed by atoms with Crippen LogP contribution < -0.4 is 5.32 Å². The van der Waals surface area contributed by atoms with E-state index in [4.69, 9.17) is 0 Å². The molecule has 1 aromatic heterocycles. The summed E-state index contributed by atoms with van der Waals surface area (Å²) in [5, 5.41) is 5.64. The van der Waals surface area contributed by atoms with Gasteiger partial charge in [-0.25, -0.2) is 4.98 Å². The molecule has 0 saturated carbocycles. The summed E-state index contributed by atoms with van der Waals surface area (Å²) in [7, 11) is 0. The number of aryl methyl sites for hydroxylation is 1. The predicted octanol–water partition coefficient (Wildman–Crippen LogP) is 3.31. The zero-order valence-electron chi connectivity index (χ0n) is 9.97. The number of halogens is 3. The molecule has 1 heterocycles. The van der Waals surface area contributed by atoms with Gasteiger partial charge in [-0.1, -0.05) is 6.92 Å². The maximum Gasteiger partial charge on any atom is 0.390 e. The summed E-state index contributed by atoms with van der Waals surface area (Å²) >= 11 is 1.47. The van der Waals surface area contributed by atoms with E-state index in [0.717, 1.165) is 17.1 Å². The minimum Gasteiger partial charge on any atom is -0.313 e. The minimum atomic E-state index is -4.13. The second-order valence-electron chi connectivity index (χ2n) is 4.03. The Morgan fingerprint density at radius 2 is 2.18 bits per heavy atom. The van der Waals surface area contributed by atoms with Crippen LogP contribution in [0.5, 0.6) is 0 Å². The number of nitrogens with one attached hydrogen (secondary N) is 1. The van der Waals surface area contributed by atoms with Gasteiger partial charge in [0.2, 0.25) is 0 Å². The van der Waals surface area contributed by atoms with Gasteiger partial charge in [0.05, 0.1) is 17.1 Å². The fourth-order valence-corrected chi connectivity index (χ4v) is 2.22. The van der Waals surface area contributed by atoms with Gasteiger partial charge in [0.25, 0.3) is 0 Å². The first-order chi connectivity index (χ1) is 7.90.